The van der Waals surface area contributed by atoms with Crippen LogP contribution in [-0.4, -0.2) is 28.8 Å². The van der Waals surface area contributed by atoms with Crippen LogP contribution in [0.25, 0.3) is 0 Å². The Morgan fingerprint density at radius 2 is 2.00 bits per heavy atom. The average Bonchev–Trinajstić information content (AvgIpc) is 2.83. The first-order valence-electron chi connectivity index (χ1n) is 9.02. The highest BCUT2D eigenvalue weighted by atomic mass is 19.1. The van der Waals surface area contributed by atoms with Gasteiger partial charge in [0.1, 0.15) is 5.82 Å². The minimum atomic E-state index is -0.224. The second-order valence-electron chi connectivity index (χ2n) is 7.22. The molecule has 0 saturated carbocycles. The maximum atomic E-state index is 13.5. The van der Waals surface area contributed by atoms with E-state index in [9.17, 15) is 4.39 Å². The first-order valence-corrected chi connectivity index (χ1v) is 9.02. The third kappa shape index (κ3) is 4.84. The number of benzene rings is 1. The Morgan fingerprint density at radius 3 is 2.58 bits per heavy atom. The van der Waals surface area contributed by atoms with Gasteiger partial charge in [-0.05, 0) is 38.5 Å². The van der Waals surface area contributed by atoms with Crippen LogP contribution in [0.2, 0.25) is 0 Å². The lowest BCUT2D eigenvalue weighted by atomic mass is 9.84. The van der Waals surface area contributed by atoms with Crippen LogP contribution in [0.3, 0.4) is 0 Å². The molecule has 5 nitrogen and oxygen atoms in total. The minimum Gasteiger partial charge on any atom is -0.357 e. The van der Waals surface area contributed by atoms with Gasteiger partial charge < -0.3 is 10.6 Å². The van der Waals surface area contributed by atoms with Gasteiger partial charge in [-0.25, -0.2) is 9.38 Å². The van der Waals surface area contributed by atoms with Crippen molar-refractivity contribution in [1.29, 1.82) is 0 Å². The molecule has 0 bridgehead atoms. The normalized spacial score (nSPS) is 12.3. The third-order valence-electron chi connectivity index (χ3n) is 4.70. The van der Waals surface area contributed by atoms with Gasteiger partial charge in [0.05, 0.1) is 12.2 Å². The molecule has 1 heterocycles. The van der Waals surface area contributed by atoms with Gasteiger partial charge in [0.15, 0.2) is 5.96 Å². The molecule has 0 aliphatic rings. The summed E-state index contributed by atoms with van der Waals surface area (Å²) in [5.41, 5.74) is 4.01. The van der Waals surface area contributed by atoms with Crippen LogP contribution < -0.4 is 10.6 Å². The molecule has 0 saturated heterocycles. The van der Waals surface area contributed by atoms with E-state index in [2.05, 4.69) is 36.5 Å². The number of halogens is 1. The number of nitrogens with zero attached hydrogens (tertiary/aromatic N) is 3. The zero-order valence-corrected chi connectivity index (χ0v) is 16.7. The van der Waals surface area contributed by atoms with Crippen molar-refractivity contribution in [2.75, 3.05) is 13.1 Å². The van der Waals surface area contributed by atoms with Crippen molar-refractivity contribution >= 4 is 5.96 Å². The van der Waals surface area contributed by atoms with Gasteiger partial charge >= 0.3 is 0 Å². The molecule has 2 N–H and O–H groups in total. The Morgan fingerprint density at radius 1 is 1.27 bits per heavy atom. The fraction of sp³-hybridized carbons (Fsp3) is 0.500. The molecule has 1 aromatic carbocycles. The van der Waals surface area contributed by atoms with E-state index >= 15 is 0 Å². The van der Waals surface area contributed by atoms with Crippen molar-refractivity contribution in [1.82, 2.24) is 20.4 Å². The number of guanidine groups is 1. The molecule has 0 unspecified atom stereocenters. The molecule has 142 valence electrons. The average molecular weight is 359 g/mol. The molecule has 0 spiro atoms. The molecule has 2 aromatic rings. The van der Waals surface area contributed by atoms with Crippen molar-refractivity contribution < 1.29 is 4.39 Å². The van der Waals surface area contributed by atoms with Crippen LogP contribution >= 0.6 is 0 Å². The standard InChI is InChI=1S/C20H30FN5/c1-7-22-19(23-12-18-14(2)25-26(6)15(18)3)24-13-20(4,5)16-9-8-10-17(21)11-16/h8-11H,7,12-13H2,1-6H3,(H2,22,23,24). The second-order valence-corrected chi connectivity index (χ2v) is 7.22. The lowest BCUT2D eigenvalue weighted by Crippen LogP contribution is -2.43. The molecular weight excluding hydrogens is 329 g/mol. The number of rotatable bonds is 6. The number of aryl methyl sites for hydroxylation is 2. The molecule has 26 heavy (non-hydrogen) atoms. The number of aliphatic imine (C=N–C) groups is 1. The predicted molar refractivity (Wildman–Crippen MR) is 105 cm³/mol. The summed E-state index contributed by atoms with van der Waals surface area (Å²) < 4.78 is 15.4. The van der Waals surface area contributed by atoms with Crippen LogP contribution in [0, 0.1) is 19.7 Å². The van der Waals surface area contributed by atoms with Crippen molar-refractivity contribution in [3.63, 3.8) is 0 Å². The summed E-state index contributed by atoms with van der Waals surface area (Å²) >= 11 is 0. The molecule has 0 fully saturated rings. The summed E-state index contributed by atoms with van der Waals surface area (Å²) in [4.78, 5) is 4.70. The van der Waals surface area contributed by atoms with E-state index < -0.39 is 0 Å². The maximum absolute atomic E-state index is 13.5. The molecule has 2 rings (SSSR count). The third-order valence-corrected chi connectivity index (χ3v) is 4.70. The highest BCUT2D eigenvalue weighted by Gasteiger charge is 2.21. The smallest absolute Gasteiger partial charge is 0.191 e. The van der Waals surface area contributed by atoms with E-state index in [1.54, 1.807) is 12.1 Å². The zero-order valence-electron chi connectivity index (χ0n) is 16.7. The number of aromatic nitrogens is 2. The van der Waals surface area contributed by atoms with Crippen molar-refractivity contribution in [2.24, 2.45) is 12.0 Å². The summed E-state index contributed by atoms with van der Waals surface area (Å²) in [7, 11) is 1.94. The van der Waals surface area contributed by atoms with E-state index in [1.165, 1.54) is 6.07 Å². The number of hydrogen-bond donors (Lipinski definition) is 2. The minimum absolute atomic E-state index is 0.210. The molecule has 0 aliphatic heterocycles. The van der Waals surface area contributed by atoms with Gasteiger partial charge in [0.2, 0.25) is 0 Å². The van der Waals surface area contributed by atoms with Crippen molar-refractivity contribution in [2.45, 2.75) is 46.6 Å². The highest BCUT2D eigenvalue weighted by Crippen LogP contribution is 2.22. The molecule has 6 heteroatoms. The Balaban J connectivity index is 2.10. The van der Waals surface area contributed by atoms with Crippen LogP contribution in [0.15, 0.2) is 29.3 Å². The van der Waals surface area contributed by atoms with Gasteiger partial charge in [-0.2, -0.15) is 5.10 Å². The summed E-state index contributed by atoms with van der Waals surface area (Å²) in [5, 5.41) is 11.1. The van der Waals surface area contributed by atoms with Gasteiger partial charge in [-0.1, -0.05) is 26.0 Å². The molecule has 0 amide bonds. The van der Waals surface area contributed by atoms with Crippen LogP contribution in [0.5, 0.6) is 0 Å². The SMILES string of the molecule is CCNC(=NCc1c(C)nn(C)c1C)NCC(C)(C)c1cccc(F)c1. The Bertz CT molecular complexity index is 777. The zero-order chi connectivity index (χ0) is 19.3. The van der Waals surface area contributed by atoms with E-state index in [1.807, 2.05) is 31.6 Å². The van der Waals surface area contributed by atoms with Crippen LogP contribution in [-0.2, 0) is 19.0 Å². The first-order chi connectivity index (χ1) is 12.2. The van der Waals surface area contributed by atoms with Gasteiger partial charge in [0, 0.05) is 36.8 Å². The van der Waals surface area contributed by atoms with E-state index in [0.717, 1.165) is 35.0 Å². The molecular formula is C20H30FN5. The van der Waals surface area contributed by atoms with Crippen molar-refractivity contribution in [3.8, 4) is 0 Å². The Hall–Kier alpha value is -2.37. The van der Waals surface area contributed by atoms with Crippen molar-refractivity contribution in [3.05, 3.63) is 52.6 Å². The molecule has 0 atom stereocenters. The molecule has 0 aliphatic carbocycles. The van der Waals surface area contributed by atoms with Crippen LogP contribution in [0.4, 0.5) is 4.39 Å². The fourth-order valence-corrected chi connectivity index (χ4v) is 2.86. The van der Waals surface area contributed by atoms with Gasteiger partial charge in [-0.15, -0.1) is 0 Å². The predicted octanol–water partition coefficient (Wildman–Crippen LogP) is 3.21. The fourth-order valence-electron chi connectivity index (χ4n) is 2.86. The topological polar surface area (TPSA) is 54.2 Å². The van der Waals surface area contributed by atoms with Gasteiger partial charge in [-0.3, -0.25) is 4.68 Å². The summed E-state index contributed by atoms with van der Waals surface area (Å²) in [6.07, 6.45) is 0. The Labute approximate surface area is 155 Å². The quantitative estimate of drug-likeness (QED) is 0.615. The monoisotopic (exact) mass is 359 g/mol. The summed E-state index contributed by atoms with van der Waals surface area (Å²) in [5.74, 6) is 0.540. The van der Waals surface area contributed by atoms with Gasteiger partial charge in [0.25, 0.3) is 0 Å². The van der Waals surface area contributed by atoms with E-state index in [4.69, 9.17) is 4.99 Å². The second kappa shape index (κ2) is 8.34. The first kappa shape index (κ1) is 19.9. The summed E-state index contributed by atoms with van der Waals surface area (Å²) in [6.45, 7) is 12.3. The lowest BCUT2D eigenvalue weighted by Gasteiger charge is -2.27. The number of hydrogen-bond acceptors (Lipinski definition) is 2. The van der Waals surface area contributed by atoms with E-state index in [0.29, 0.717) is 13.1 Å². The molecule has 0 radical (unpaired) electrons. The van der Waals surface area contributed by atoms with E-state index in [-0.39, 0.29) is 11.2 Å². The summed E-state index contributed by atoms with van der Waals surface area (Å²) in [6, 6.07) is 6.77. The lowest BCUT2D eigenvalue weighted by molar-refractivity contribution is 0.503. The maximum Gasteiger partial charge on any atom is 0.191 e. The number of nitrogens with one attached hydrogen (secondary N) is 2. The molecule has 1 aromatic heterocycles. The van der Waals surface area contributed by atoms with Crippen LogP contribution in [0.1, 0.15) is 43.3 Å². The largest absolute Gasteiger partial charge is 0.357 e. The Kier molecular flexibility index (Phi) is 6.40. The highest BCUT2D eigenvalue weighted by molar-refractivity contribution is 5.79.